The molecule has 0 aliphatic rings. The van der Waals surface area contributed by atoms with Gasteiger partial charge in [-0.15, -0.1) is 0 Å². The molecule has 3 heteroatoms. The van der Waals surface area contributed by atoms with Crippen LogP contribution in [0.15, 0.2) is 24.3 Å². The number of rotatable bonds is 8. The number of ether oxygens (including phenoxy) is 1. The molecule has 0 saturated carbocycles. The summed E-state index contributed by atoms with van der Waals surface area (Å²) in [5, 5.41) is 3.51. The second kappa shape index (κ2) is 7.65. The second-order valence-electron chi connectivity index (χ2n) is 5.38. The number of likely N-dealkylation sites (N-methyl/N-ethyl adjacent to an activating group) is 2. The Morgan fingerprint density at radius 3 is 2.35 bits per heavy atom. The van der Waals surface area contributed by atoms with Gasteiger partial charge in [0.15, 0.2) is 0 Å². The van der Waals surface area contributed by atoms with E-state index in [1.54, 1.807) is 7.11 Å². The highest BCUT2D eigenvalue weighted by Crippen LogP contribution is 2.35. The molecule has 0 amide bonds. The lowest BCUT2D eigenvalue weighted by Gasteiger charge is -2.46. The van der Waals surface area contributed by atoms with Crippen LogP contribution >= 0.6 is 0 Å². The molecule has 0 radical (unpaired) electrons. The zero-order valence-electron chi connectivity index (χ0n) is 13.9. The van der Waals surface area contributed by atoms with E-state index < -0.39 is 0 Å². The molecule has 0 aromatic heterocycles. The summed E-state index contributed by atoms with van der Waals surface area (Å²) in [5.41, 5.74) is 1.37. The normalized spacial score (nSPS) is 15.9. The van der Waals surface area contributed by atoms with E-state index in [2.05, 4.69) is 56.1 Å². The lowest BCUT2D eigenvalue weighted by Crippen LogP contribution is -2.53. The summed E-state index contributed by atoms with van der Waals surface area (Å²) < 4.78 is 5.37. The summed E-state index contributed by atoms with van der Waals surface area (Å²) >= 11 is 0. The Labute approximate surface area is 124 Å². The summed E-state index contributed by atoms with van der Waals surface area (Å²) in [5.74, 6) is 0.917. The van der Waals surface area contributed by atoms with Gasteiger partial charge in [0.25, 0.3) is 0 Å². The van der Waals surface area contributed by atoms with Crippen LogP contribution in [-0.4, -0.2) is 37.7 Å². The van der Waals surface area contributed by atoms with Crippen molar-refractivity contribution in [2.75, 3.05) is 27.2 Å². The van der Waals surface area contributed by atoms with Crippen LogP contribution in [0.4, 0.5) is 0 Å². The molecule has 20 heavy (non-hydrogen) atoms. The maximum Gasteiger partial charge on any atom is 0.119 e. The van der Waals surface area contributed by atoms with Gasteiger partial charge in [0, 0.05) is 5.54 Å². The third-order valence-electron chi connectivity index (χ3n) is 4.54. The van der Waals surface area contributed by atoms with Gasteiger partial charge in [-0.05, 0) is 51.2 Å². The molecular weight excluding hydrogens is 248 g/mol. The lowest BCUT2D eigenvalue weighted by atomic mass is 9.82. The Hall–Kier alpha value is -1.06. The van der Waals surface area contributed by atoms with Crippen LogP contribution < -0.4 is 10.1 Å². The summed E-state index contributed by atoms with van der Waals surface area (Å²) in [6, 6.07) is 8.66. The Balaban J connectivity index is 3.19. The van der Waals surface area contributed by atoms with Crippen molar-refractivity contribution >= 4 is 0 Å². The van der Waals surface area contributed by atoms with Crippen molar-refractivity contribution in [2.24, 2.45) is 0 Å². The SMILES string of the molecule is CCN(CC)C(C)(CC)C(NC)c1cccc(OC)c1. The first kappa shape index (κ1) is 17.0. The first-order valence-corrected chi connectivity index (χ1v) is 7.63. The molecule has 0 aliphatic heterocycles. The fraction of sp³-hybridized carbons (Fsp3) is 0.647. The van der Waals surface area contributed by atoms with Crippen LogP contribution in [0.1, 0.15) is 45.7 Å². The van der Waals surface area contributed by atoms with Gasteiger partial charge in [0.2, 0.25) is 0 Å². The summed E-state index contributed by atoms with van der Waals surface area (Å²) in [6.07, 6.45) is 1.09. The van der Waals surface area contributed by atoms with E-state index in [-0.39, 0.29) is 11.6 Å². The highest BCUT2D eigenvalue weighted by atomic mass is 16.5. The van der Waals surface area contributed by atoms with E-state index in [9.17, 15) is 0 Å². The van der Waals surface area contributed by atoms with Gasteiger partial charge in [-0.25, -0.2) is 0 Å². The largest absolute Gasteiger partial charge is 0.497 e. The molecule has 0 fully saturated rings. The van der Waals surface area contributed by atoms with Crippen molar-refractivity contribution in [2.45, 2.75) is 45.7 Å². The van der Waals surface area contributed by atoms with Gasteiger partial charge in [-0.2, -0.15) is 0 Å². The summed E-state index contributed by atoms with van der Waals surface area (Å²) in [7, 11) is 3.76. The van der Waals surface area contributed by atoms with Crippen molar-refractivity contribution in [1.82, 2.24) is 10.2 Å². The van der Waals surface area contributed by atoms with E-state index in [1.807, 2.05) is 13.1 Å². The van der Waals surface area contributed by atoms with Crippen molar-refractivity contribution < 1.29 is 4.74 Å². The second-order valence-corrected chi connectivity index (χ2v) is 5.38. The molecule has 3 nitrogen and oxygen atoms in total. The number of benzene rings is 1. The van der Waals surface area contributed by atoms with Crippen LogP contribution in [0.25, 0.3) is 0 Å². The molecule has 1 aromatic carbocycles. The lowest BCUT2D eigenvalue weighted by molar-refractivity contribution is 0.0727. The Morgan fingerprint density at radius 1 is 1.25 bits per heavy atom. The van der Waals surface area contributed by atoms with E-state index >= 15 is 0 Å². The van der Waals surface area contributed by atoms with Crippen LogP contribution in [0.3, 0.4) is 0 Å². The quantitative estimate of drug-likeness (QED) is 0.788. The smallest absolute Gasteiger partial charge is 0.119 e. The Kier molecular flexibility index (Phi) is 6.50. The standard InChI is InChI=1S/C17H30N2O/c1-7-17(4,19(8-2)9-3)16(18-5)14-11-10-12-15(13-14)20-6/h10-13,16,18H,7-9H2,1-6H3. The topological polar surface area (TPSA) is 24.5 Å². The van der Waals surface area contributed by atoms with E-state index in [4.69, 9.17) is 4.74 Å². The fourth-order valence-electron chi connectivity index (χ4n) is 3.21. The number of hydrogen-bond donors (Lipinski definition) is 1. The van der Waals surface area contributed by atoms with Crippen LogP contribution in [0.5, 0.6) is 5.75 Å². The van der Waals surface area contributed by atoms with Gasteiger partial charge in [-0.3, -0.25) is 4.90 Å². The number of nitrogens with one attached hydrogen (secondary N) is 1. The van der Waals surface area contributed by atoms with Gasteiger partial charge < -0.3 is 10.1 Å². The maximum atomic E-state index is 5.37. The van der Waals surface area contributed by atoms with Crippen molar-refractivity contribution in [1.29, 1.82) is 0 Å². The number of methoxy groups -OCH3 is 1. The van der Waals surface area contributed by atoms with E-state index in [0.29, 0.717) is 0 Å². The van der Waals surface area contributed by atoms with E-state index in [1.165, 1.54) is 5.56 Å². The maximum absolute atomic E-state index is 5.37. The number of hydrogen-bond acceptors (Lipinski definition) is 3. The molecule has 0 spiro atoms. The summed E-state index contributed by atoms with van der Waals surface area (Å²) in [4.78, 5) is 2.54. The first-order valence-electron chi connectivity index (χ1n) is 7.63. The molecule has 1 N–H and O–H groups in total. The zero-order chi connectivity index (χ0) is 15.2. The average Bonchev–Trinajstić information content (AvgIpc) is 2.49. The average molecular weight is 278 g/mol. The van der Waals surface area contributed by atoms with Crippen molar-refractivity contribution in [3.63, 3.8) is 0 Å². The molecule has 0 saturated heterocycles. The molecule has 2 atom stereocenters. The minimum Gasteiger partial charge on any atom is -0.497 e. The van der Waals surface area contributed by atoms with Crippen LogP contribution in [-0.2, 0) is 0 Å². The number of nitrogens with zero attached hydrogens (tertiary/aromatic N) is 1. The van der Waals surface area contributed by atoms with Crippen molar-refractivity contribution in [3.05, 3.63) is 29.8 Å². The minimum absolute atomic E-state index is 0.0879. The monoisotopic (exact) mass is 278 g/mol. The highest BCUT2D eigenvalue weighted by molar-refractivity contribution is 5.32. The molecule has 1 aromatic rings. The van der Waals surface area contributed by atoms with Gasteiger partial charge >= 0.3 is 0 Å². The van der Waals surface area contributed by atoms with Gasteiger partial charge in [-0.1, -0.05) is 32.9 Å². The third-order valence-corrected chi connectivity index (χ3v) is 4.54. The Morgan fingerprint density at radius 2 is 1.90 bits per heavy atom. The third kappa shape index (κ3) is 3.33. The molecular formula is C17H30N2O. The van der Waals surface area contributed by atoms with Crippen LogP contribution in [0.2, 0.25) is 0 Å². The highest BCUT2D eigenvalue weighted by Gasteiger charge is 2.37. The minimum atomic E-state index is 0.0879. The fourth-order valence-corrected chi connectivity index (χ4v) is 3.21. The Bertz CT molecular complexity index is 404. The molecule has 114 valence electrons. The first-order chi connectivity index (χ1) is 9.57. The van der Waals surface area contributed by atoms with E-state index in [0.717, 1.165) is 25.3 Å². The molecule has 0 heterocycles. The predicted octanol–water partition coefficient (Wildman–Crippen LogP) is 3.47. The molecule has 0 bridgehead atoms. The molecule has 2 unspecified atom stereocenters. The zero-order valence-corrected chi connectivity index (χ0v) is 13.9. The molecule has 1 rings (SSSR count). The van der Waals surface area contributed by atoms with Gasteiger partial charge in [0.1, 0.15) is 5.75 Å². The van der Waals surface area contributed by atoms with Crippen LogP contribution in [0, 0.1) is 0 Å². The van der Waals surface area contributed by atoms with Gasteiger partial charge in [0.05, 0.1) is 13.2 Å². The predicted molar refractivity (Wildman–Crippen MR) is 86.4 cm³/mol. The van der Waals surface area contributed by atoms with Crippen molar-refractivity contribution in [3.8, 4) is 5.75 Å². The summed E-state index contributed by atoms with van der Waals surface area (Å²) in [6.45, 7) is 11.2. The molecule has 0 aliphatic carbocycles.